The molecule has 0 aliphatic rings. The van der Waals surface area contributed by atoms with Crippen molar-refractivity contribution in [3.63, 3.8) is 0 Å². The van der Waals surface area contributed by atoms with Crippen molar-refractivity contribution in [1.29, 1.82) is 0 Å². The first-order chi connectivity index (χ1) is 15.2. The average Bonchev–Trinajstić information content (AvgIpc) is 2.76. The lowest BCUT2D eigenvalue weighted by molar-refractivity contribution is -0.116. The van der Waals surface area contributed by atoms with Gasteiger partial charge in [0.05, 0.1) is 11.4 Å². The van der Waals surface area contributed by atoms with Crippen LogP contribution in [0.2, 0.25) is 5.02 Å². The van der Waals surface area contributed by atoms with Crippen molar-refractivity contribution in [2.24, 2.45) is 0 Å². The standard InChI is InChI=1S/C25H27ClN2O3S/c1-18-9-10-20(3)24(15-18)32(30,31)28(14-13-21-7-5-4-6-8-21)17-25(29)27-22-12-11-19(2)23(26)16-22/h4-12,15-16H,13-14,17H2,1-3H3,(H,27,29). The highest BCUT2D eigenvalue weighted by Gasteiger charge is 2.28. The van der Waals surface area contributed by atoms with Crippen LogP contribution < -0.4 is 5.32 Å². The number of amides is 1. The fourth-order valence-corrected chi connectivity index (χ4v) is 5.23. The summed E-state index contributed by atoms with van der Waals surface area (Å²) in [6.45, 7) is 5.36. The third-order valence-corrected chi connectivity index (χ3v) is 7.62. The molecule has 1 N–H and O–H groups in total. The Bertz CT molecular complexity index is 1210. The second kappa shape index (κ2) is 10.3. The van der Waals surface area contributed by atoms with Gasteiger partial charge in [-0.25, -0.2) is 8.42 Å². The van der Waals surface area contributed by atoms with E-state index < -0.39 is 15.9 Å². The number of nitrogens with one attached hydrogen (secondary N) is 1. The lowest BCUT2D eigenvalue weighted by atomic mass is 10.1. The molecule has 0 heterocycles. The Kier molecular flexibility index (Phi) is 7.72. The quantitative estimate of drug-likeness (QED) is 0.495. The number of carbonyl (C=O) groups excluding carboxylic acids is 1. The number of benzene rings is 3. The Labute approximate surface area is 195 Å². The van der Waals surface area contributed by atoms with E-state index in [2.05, 4.69) is 5.32 Å². The molecule has 0 saturated heterocycles. The fraction of sp³-hybridized carbons (Fsp3) is 0.240. The monoisotopic (exact) mass is 470 g/mol. The number of anilines is 1. The van der Waals surface area contributed by atoms with Gasteiger partial charge in [0.1, 0.15) is 0 Å². The highest BCUT2D eigenvalue weighted by atomic mass is 35.5. The van der Waals surface area contributed by atoms with Crippen LogP contribution in [0.15, 0.2) is 71.6 Å². The highest BCUT2D eigenvalue weighted by molar-refractivity contribution is 7.89. The molecule has 3 aromatic rings. The van der Waals surface area contributed by atoms with Gasteiger partial charge in [0, 0.05) is 17.3 Å². The molecule has 5 nitrogen and oxygen atoms in total. The molecule has 32 heavy (non-hydrogen) atoms. The molecule has 0 unspecified atom stereocenters. The van der Waals surface area contributed by atoms with Crippen molar-refractivity contribution in [3.05, 3.63) is 94.0 Å². The Balaban J connectivity index is 1.86. The van der Waals surface area contributed by atoms with Crippen LogP contribution in [0.4, 0.5) is 5.69 Å². The average molecular weight is 471 g/mol. The molecular formula is C25H27ClN2O3S. The molecular weight excluding hydrogens is 444 g/mol. The summed E-state index contributed by atoms with van der Waals surface area (Å²) in [7, 11) is -3.88. The van der Waals surface area contributed by atoms with Crippen LogP contribution in [-0.2, 0) is 21.2 Å². The second-order valence-electron chi connectivity index (χ2n) is 7.86. The van der Waals surface area contributed by atoms with E-state index in [0.717, 1.165) is 16.7 Å². The summed E-state index contributed by atoms with van der Waals surface area (Å²) < 4.78 is 28.3. The molecule has 3 aromatic carbocycles. The Hall–Kier alpha value is -2.67. The molecule has 0 spiro atoms. The number of rotatable bonds is 8. The van der Waals surface area contributed by atoms with E-state index in [0.29, 0.717) is 22.7 Å². The number of aryl methyl sites for hydroxylation is 3. The summed E-state index contributed by atoms with van der Waals surface area (Å²) in [6, 6.07) is 20.1. The van der Waals surface area contributed by atoms with E-state index >= 15 is 0 Å². The summed E-state index contributed by atoms with van der Waals surface area (Å²) in [4.78, 5) is 13.0. The van der Waals surface area contributed by atoms with Gasteiger partial charge in [-0.15, -0.1) is 0 Å². The second-order valence-corrected chi connectivity index (χ2v) is 10.2. The number of hydrogen-bond donors (Lipinski definition) is 1. The SMILES string of the molecule is Cc1ccc(C)c(S(=O)(=O)N(CCc2ccccc2)CC(=O)Nc2ccc(C)c(Cl)c2)c1. The van der Waals surface area contributed by atoms with Crippen molar-refractivity contribution in [2.45, 2.75) is 32.1 Å². The molecule has 0 bridgehead atoms. The molecule has 0 aliphatic heterocycles. The van der Waals surface area contributed by atoms with Gasteiger partial charge < -0.3 is 5.32 Å². The first-order valence-corrected chi connectivity index (χ1v) is 12.2. The Morgan fingerprint density at radius 2 is 1.62 bits per heavy atom. The first-order valence-electron chi connectivity index (χ1n) is 10.3. The maximum Gasteiger partial charge on any atom is 0.243 e. The molecule has 0 fully saturated rings. The smallest absolute Gasteiger partial charge is 0.243 e. The topological polar surface area (TPSA) is 66.5 Å². The van der Waals surface area contributed by atoms with Crippen LogP contribution in [0.1, 0.15) is 22.3 Å². The number of carbonyl (C=O) groups is 1. The minimum Gasteiger partial charge on any atom is -0.325 e. The van der Waals surface area contributed by atoms with E-state index in [1.807, 2.05) is 50.2 Å². The number of nitrogens with zero attached hydrogens (tertiary/aromatic N) is 1. The van der Waals surface area contributed by atoms with E-state index in [1.165, 1.54) is 4.31 Å². The highest BCUT2D eigenvalue weighted by Crippen LogP contribution is 2.23. The summed E-state index contributed by atoms with van der Waals surface area (Å²) in [5.74, 6) is -0.424. The molecule has 168 valence electrons. The van der Waals surface area contributed by atoms with E-state index in [-0.39, 0.29) is 18.0 Å². The zero-order chi connectivity index (χ0) is 23.3. The molecule has 7 heteroatoms. The van der Waals surface area contributed by atoms with Crippen LogP contribution in [0.25, 0.3) is 0 Å². The molecule has 0 aliphatic carbocycles. The predicted octanol–water partition coefficient (Wildman–Crippen LogP) is 5.14. The van der Waals surface area contributed by atoms with Gasteiger partial charge in [0.15, 0.2) is 0 Å². The normalized spacial score (nSPS) is 11.5. The summed E-state index contributed by atoms with van der Waals surface area (Å²) >= 11 is 6.15. The summed E-state index contributed by atoms with van der Waals surface area (Å²) in [5.41, 5.74) is 3.91. The molecule has 0 saturated carbocycles. The van der Waals surface area contributed by atoms with Gasteiger partial charge in [0.25, 0.3) is 0 Å². The van der Waals surface area contributed by atoms with E-state index in [4.69, 9.17) is 11.6 Å². The van der Waals surface area contributed by atoms with Gasteiger partial charge in [-0.3, -0.25) is 4.79 Å². The number of halogens is 1. The molecule has 0 atom stereocenters. The Morgan fingerprint density at radius 1 is 0.938 bits per heavy atom. The van der Waals surface area contributed by atoms with Crippen LogP contribution in [0, 0.1) is 20.8 Å². The van der Waals surface area contributed by atoms with Crippen molar-refractivity contribution in [1.82, 2.24) is 4.31 Å². The van der Waals surface area contributed by atoms with Crippen LogP contribution in [0.5, 0.6) is 0 Å². The van der Waals surface area contributed by atoms with Gasteiger partial charge in [-0.05, 0) is 67.6 Å². The Morgan fingerprint density at radius 3 is 2.31 bits per heavy atom. The summed E-state index contributed by atoms with van der Waals surface area (Å²) in [6.07, 6.45) is 0.495. The van der Waals surface area contributed by atoms with Crippen LogP contribution in [0.3, 0.4) is 0 Å². The van der Waals surface area contributed by atoms with Crippen molar-refractivity contribution >= 4 is 33.2 Å². The first kappa shape index (κ1) is 24.0. The number of sulfonamides is 1. The molecule has 0 aromatic heterocycles. The van der Waals surface area contributed by atoms with Crippen LogP contribution >= 0.6 is 11.6 Å². The van der Waals surface area contributed by atoms with Gasteiger partial charge in [-0.1, -0.05) is 60.1 Å². The molecule has 1 amide bonds. The zero-order valence-electron chi connectivity index (χ0n) is 18.4. The van der Waals surface area contributed by atoms with Crippen molar-refractivity contribution in [2.75, 3.05) is 18.4 Å². The van der Waals surface area contributed by atoms with Crippen LogP contribution in [-0.4, -0.2) is 31.7 Å². The van der Waals surface area contributed by atoms with Crippen molar-refractivity contribution in [3.8, 4) is 0 Å². The minimum atomic E-state index is -3.88. The molecule has 3 rings (SSSR count). The third kappa shape index (κ3) is 5.97. The third-order valence-electron chi connectivity index (χ3n) is 5.23. The van der Waals surface area contributed by atoms with E-state index in [9.17, 15) is 13.2 Å². The lowest BCUT2D eigenvalue weighted by Gasteiger charge is -2.23. The zero-order valence-corrected chi connectivity index (χ0v) is 20.0. The number of hydrogen-bond acceptors (Lipinski definition) is 3. The lowest BCUT2D eigenvalue weighted by Crippen LogP contribution is -2.39. The predicted molar refractivity (Wildman–Crippen MR) is 130 cm³/mol. The summed E-state index contributed by atoms with van der Waals surface area (Å²) in [5, 5.41) is 3.29. The minimum absolute atomic E-state index is 0.182. The molecule has 0 radical (unpaired) electrons. The fourth-order valence-electron chi connectivity index (χ4n) is 3.34. The van der Waals surface area contributed by atoms with E-state index in [1.54, 1.807) is 37.3 Å². The largest absolute Gasteiger partial charge is 0.325 e. The van der Waals surface area contributed by atoms with Gasteiger partial charge in [0.2, 0.25) is 15.9 Å². The van der Waals surface area contributed by atoms with Gasteiger partial charge >= 0.3 is 0 Å². The maximum absolute atomic E-state index is 13.5. The maximum atomic E-state index is 13.5. The van der Waals surface area contributed by atoms with Crippen molar-refractivity contribution < 1.29 is 13.2 Å². The van der Waals surface area contributed by atoms with Gasteiger partial charge in [-0.2, -0.15) is 4.31 Å².